The van der Waals surface area contributed by atoms with Gasteiger partial charge in [0.2, 0.25) is 5.91 Å². The van der Waals surface area contributed by atoms with Crippen LogP contribution in [0.3, 0.4) is 0 Å². The van der Waals surface area contributed by atoms with E-state index in [0.29, 0.717) is 0 Å². The lowest BCUT2D eigenvalue weighted by Crippen LogP contribution is -2.57. The average molecular weight is 424 g/mol. The Hall–Kier alpha value is -2.57. The molecule has 2 aromatic carbocycles. The monoisotopic (exact) mass is 423 g/mol. The van der Waals surface area contributed by atoms with Crippen molar-refractivity contribution in [3.8, 4) is 5.75 Å². The van der Waals surface area contributed by atoms with Gasteiger partial charge in [-0.25, -0.2) is 0 Å². The number of amides is 1. The number of carbonyl (C=O) groups excluding carboxylic acids is 2. The smallest absolute Gasteiger partial charge is 0.242 e. The molecule has 2 atom stereocenters. The predicted molar refractivity (Wildman–Crippen MR) is 117 cm³/mol. The molecule has 2 heterocycles. The molecule has 4 nitrogen and oxygen atoms in total. The van der Waals surface area contributed by atoms with E-state index >= 15 is 0 Å². The highest BCUT2D eigenvalue weighted by atomic mass is 32.2. The van der Waals surface area contributed by atoms with Gasteiger partial charge in [0, 0.05) is 11.3 Å². The van der Waals surface area contributed by atoms with Crippen molar-refractivity contribution in [2.24, 2.45) is 0 Å². The van der Waals surface area contributed by atoms with E-state index in [4.69, 9.17) is 4.74 Å². The van der Waals surface area contributed by atoms with Crippen LogP contribution in [0.1, 0.15) is 23.1 Å². The molecular formula is C23H21NO3S2. The van der Waals surface area contributed by atoms with Crippen molar-refractivity contribution >= 4 is 34.8 Å². The molecule has 3 aromatic rings. The van der Waals surface area contributed by atoms with Gasteiger partial charge in [-0.1, -0.05) is 30.3 Å². The lowest BCUT2D eigenvalue weighted by atomic mass is 9.77. The van der Waals surface area contributed by atoms with E-state index in [1.165, 1.54) is 11.8 Å². The molecule has 4 rings (SSSR count). The molecule has 148 valence electrons. The average Bonchev–Trinajstić information content (AvgIpc) is 3.27. The van der Waals surface area contributed by atoms with Crippen LogP contribution < -0.4 is 10.1 Å². The Balaban J connectivity index is 1.69. The van der Waals surface area contributed by atoms with Gasteiger partial charge in [-0.05, 0) is 58.6 Å². The fraction of sp³-hybridized carbons (Fsp3) is 0.217. The minimum Gasteiger partial charge on any atom is -0.497 e. The lowest BCUT2D eigenvalue weighted by Gasteiger charge is -2.40. The molecule has 1 fully saturated rings. The lowest BCUT2D eigenvalue weighted by molar-refractivity contribution is -0.132. The summed E-state index contributed by atoms with van der Waals surface area (Å²) < 4.78 is 5.26. The minimum absolute atomic E-state index is 0.0657. The molecule has 1 aliphatic heterocycles. The zero-order valence-corrected chi connectivity index (χ0v) is 17.8. The number of ketones is 1. The fourth-order valence-electron chi connectivity index (χ4n) is 3.65. The van der Waals surface area contributed by atoms with Gasteiger partial charge in [-0.3, -0.25) is 9.59 Å². The molecule has 1 aromatic heterocycles. The summed E-state index contributed by atoms with van der Waals surface area (Å²) in [6, 6.07) is 17.3. The first-order chi connectivity index (χ1) is 14.0. The van der Waals surface area contributed by atoms with Crippen molar-refractivity contribution in [1.82, 2.24) is 5.32 Å². The van der Waals surface area contributed by atoms with Crippen molar-refractivity contribution < 1.29 is 14.3 Å². The summed E-state index contributed by atoms with van der Waals surface area (Å²) in [5.74, 6) is 0.413. The Morgan fingerprint density at radius 2 is 1.83 bits per heavy atom. The van der Waals surface area contributed by atoms with Gasteiger partial charge in [0.05, 0.1) is 12.6 Å². The molecule has 1 amide bonds. The third-order valence-electron chi connectivity index (χ3n) is 5.24. The number of benzene rings is 2. The standard InChI is InChI=1S/C23H21NO3S2/c1-15-5-3-4-6-20(15)29-21-19(25)13-23(24-22(21)26,17-11-12-28-14-17)16-7-9-18(27-2)10-8-16/h3-12,14,21H,13H2,1-2H3,(H,24,26). The Bertz CT molecular complexity index is 1010. The highest BCUT2D eigenvalue weighted by molar-refractivity contribution is 8.01. The molecule has 0 radical (unpaired) electrons. The Kier molecular flexibility index (Phi) is 5.48. The second-order valence-electron chi connectivity index (χ2n) is 7.04. The number of aryl methyl sites for hydroxylation is 1. The maximum Gasteiger partial charge on any atom is 0.242 e. The van der Waals surface area contributed by atoms with Crippen LogP contribution in [0.15, 0.2) is 70.3 Å². The molecule has 0 bridgehead atoms. The maximum atomic E-state index is 13.2. The van der Waals surface area contributed by atoms with Crippen molar-refractivity contribution in [3.63, 3.8) is 0 Å². The third kappa shape index (κ3) is 3.70. The Morgan fingerprint density at radius 1 is 1.07 bits per heavy atom. The number of thioether (sulfide) groups is 1. The number of rotatable bonds is 5. The van der Waals surface area contributed by atoms with E-state index < -0.39 is 10.8 Å². The van der Waals surface area contributed by atoms with Crippen LogP contribution in [0.4, 0.5) is 0 Å². The normalized spacial score (nSPS) is 21.7. The number of hydrogen-bond acceptors (Lipinski definition) is 5. The van der Waals surface area contributed by atoms with Gasteiger partial charge in [0.25, 0.3) is 0 Å². The number of Topliss-reactive ketones (excluding diaryl/α,β-unsaturated/α-hetero) is 1. The van der Waals surface area contributed by atoms with Crippen molar-refractivity contribution in [1.29, 1.82) is 0 Å². The van der Waals surface area contributed by atoms with Crippen LogP contribution in [-0.4, -0.2) is 24.1 Å². The van der Waals surface area contributed by atoms with Gasteiger partial charge in [0.15, 0.2) is 5.78 Å². The number of hydrogen-bond donors (Lipinski definition) is 1. The molecule has 1 aliphatic rings. The number of ether oxygens (including phenoxy) is 1. The van der Waals surface area contributed by atoms with Crippen LogP contribution in [0.25, 0.3) is 0 Å². The highest BCUT2D eigenvalue weighted by Gasteiger charge is 2.47. The van der Waals surface area contributed by atoms with Gasteiger partial charge in [-0.15, -0.1) is 11.8 Å². The van der Waals surface area contributed by atoms with Crippen LogP contribution in [-0.2, 0) is 15.1 Å². The number of carbonyl (C=O) groups is 2. The largest absolute Gasteiger partial charge is 0.497 e. The minimum atomic E-state index is -0.858. The van der Waals surface area contributed by atoms with E-state index in [1.807, 2.05) is 72.3 Å². The van der Waals surface area contributed by atoms with Gasteiger partial charge < -0.3 is 10.1 Å². The van der Waals surface area contributed by atoms with E-state index in [0.717, 1.165) is 27.3 Å². The highest BCUT2D eigenvalue weighted by Crippen LogP contribution is 2.41. The Morgan fingerprint density at radius 3 is 2.45 bits per heavy atom. The van der Waals surface area contributed by atoms with Gasteiger partial charge >= 0.3 is 0 Å². The molecule has 1 saturated heterocycles. The SMILES string of the molecule is COc1ccc(C2(c3ccsc3)CC(=O)C(Sc3ccccc3C)C(=O)N2)cc1. The molecule has 0 spiro atoms. The number of thiophene rings is 1. The summed E-state index contributed by atoms with van der Waals surface area (Å²) in [6.45, 7) is 1.99. The summed E-state index contributed by atoms with van der Waals surface area (Å²) >= 11 is 2.88. The van der Waals surface area contributed by atoms with Crippen LogP contribution in [0.5, 0.6) is 5.75 Å². The molecule has 0 aliphatic carbocycles. The first-order valence-corrected chi connectivity index (χ1v) is 11.1. The third-order valence-corrected chi connectivity index (χ3v) is 7.35. The number of nitrogens with one attached hydrogen (secondary N) is 1. The molecule has 0 saturated carbocycles. The van der Waals surface area contributed by atoms with Crippen molar-refractivity contribution in [2.45, 2.75) is 29.0 Å². The topological polar surface area (TPSA) is 55.4 Å². The van der Waals surface area contributed by atoms with E-state index in [2.05, 4.69) is 5.32 Å². The molecule has 29 heavy (non-hydrogen) atoms. The molecular weight excluding hydrogens is 402 g/mol. The molecule has 2 unspecified atom stereocenters. The van der Waals surface area contributed by atoms with E-state index in [1.54, 1.807) is 18.4 Å². The predicted octanol–water partition coefficient (Wildman–Crippen LogP) is 4.56. The first kappa shape index (κ1) is 19.7. The second kappa shape index (κ2) is 8.05. The van der Waals surface area contributed by atoms with Gasteiger partial charge in [-0.2, -0.15) is 11.3 Å². The fourth-order valence-corrected chi connectivity index (χ4v) is 5.43. The summed E-state index contributed by atoms with van der Waals surface area (Å²) in [4.78, 5) is 27.3. The maximum absolute atomic E-state index is 13.2. The zero-order chi connectivity index (χ0) is 20.4. The number of piperidine rings is 1. The Labute approximate surface area is 178 Å². The molecule has 6 heteroatoms. The van der Waals surface area contributed by atoms with Crippen LogP contribution in [0, 0.1) is 6.92 Å². The number of methoxy groups -OCH3 is 1. The van der Waals surface area contributed by atoms with E-state index in [-0.39, 0.29) is 18.1 Å². The quantitative estimate of drug-likeness (QED) is 0.612. The summed E-state index contributed by atoms with van der Waals surface area (Å²) in [6.07, 6.45) is 0.214. The summed E-state index contributed by atoms with van der Waals surface area (Å²) in [7, 11) is 1.61. The second-order valence-corrected chi connectivity index (χ2v) is 8.97. The zero-order valence-electron chi connectivity index (χ0n) is 16.2. The summed E-state index contributed by atoms with van der Waals surface area (Å²) in [5.41, 5.74) is 2.00. The summed E-state index contributed by atoms with van der Waals surface area (Å²) in [5, 5.41) is 6.40. The van der Waals surface area contributed by atoms with Gasteiger partial charge in [0.1, 0.15) is 11.0 Å². The molecule has 1 N–H and O–H groups in total. The van der Waals surface area contributed by atoms with E-state index in [9.17, 15) is 9.59 Å². The van der Waals surface area contributed by atoms with Crippen LogP contribution >= 0.6 is 23.1 Å². The van der Waals surface area contributed by atoms with Crippen molar-refractivity contribution in [2.75, 3.05) is 7.11 Å². The first-order valence-electron chi connectivity index (χ1n) is 9.28. The van der Waals surface area contributed by atoms with Crippen LogP contribution in [0.2, 0.25) is 0 Å². The van der Waals surface area contributed by atoms with Crippen molar-refractivity contribution in [3.05, 3.63) is 82.0 Å².